The first-order valence-corrected chi connectivity index (χ1v) is 8.06. The van der Waals surface area contributed by atoms with Crippen molar-refractivity contribution in [2.45, 2.75) is 31.2 Å². The highest BCUT2D eigenvalue weighted by atomic mass is 32.2. The lowest BCUT2D eigenvalue weighted by Crippen LogP contribution is -2.44. The molecule has 0 fully saturated rings. The third kappa shape index (κ3) is 4.81. The molecule has 0 aliphatic rings. The zero-order chi connectivity index (χ0) is 16.9. The standard InChI is InChI=1S/C14H19NO6S/c1-9(2)13(14(17)18)15-22(19,20)11-6-4-5-10(7-11)8-12(16)21-3/h4-7,9,13,15H,8H2,1-3H3,(H,17,18)/t13-/m0/s1. The molecule has 8 heteroatoms. The van der Waals surface area contributed by atoms with Crippen LogP contribution in [0.25, 0.3) is 0 Å². The molecule has 0 radical (unpaired) electrons. The van der Waals surface area contributed by atoms with E-state index in [2.05, 4.69) is 9.46 Å². The molecule has 1 atom stereocenters. The fourth-order valence-electron chi connectivity index (χ4n) is 1.77. The predicted molar refractivity (Wildman–Crippen MR) is 78.7 cm³/mol. The Balaban J connectivity index is 3.05. The number of sulfonamides is 1. The summed E-state index contributed by atoms with van der Waals surface area (Å²) in [5, 5.41) is 9.07. The van der Waals surface area contributed by atoms with Crippen molar-refractivity contribution in [2.75, 3.05) is 7.11 Å². The fraction of sp³-hybridized carbons (Fsp3) is 0.429. The van der Waals surface area contributed by atoms with Gasteiger partial charge in [-0.25, -0.2) is 8.42 Å². The average molecular weight is 329 g/mol. The smallest absolute Gasteiger partial charge is 0.322 e. The van der Waals surface area contributed by atoms with Gasteiger partial charge in [0.25, 0.3) is 0 Å². The molecule has 0 saturated heterocycles. The molecule has 2 N–H and O–H groups in total. The zero-order valence-electron chi connectivity index (χ0n) is 12.6. The van der Waals surface area contributed by atoms with Crippen LogP contribution in [0.3, 0.4) is 0 Å². The first-order valence-electron chi connectivity index (χ1n) is 6.58. The maximum atomic E-state index is 12.3. The summed E-state index contributed by atoms with van der Waals surface area (Å²) in [5.41, 5.74) is 0.464. The highest BCUT2D eigenvalue weighted by Crippen LogP contribution is 2.14. The van der Waals surface area contributed by atoms with E-state index in [1.165, 1.54) is 25.3 Å². The topological polar surface area (TPSA) is 110 Å². The van der Waals surface area contributed by atoms with Gasteiger partial charge in [0, 0.05) is 0 Å². The van der Waals surface area contributed by atoms with E-state index in [4.69, 9.17) is 5.11 Å². The van der Waals surface area contributed by atoms with Gasteiger partial charge in [-0.05, 0) is 23.6 Å². The summed E-state index contributed by atoms with van der Waals surface area (Å²) >= 11 is 0. The predicted octanol–water partition coefficient (Wildman–Crippen LogP) is 0.790. The number of carboxylic acids is 1. The van der Waals surface area contributed by atoms with Crippen LogP contribution in [0.2, 0.25) is 0 Å². The van der Waals surface area contributed by atoms with Crippen molar-refractivity contribution in [3.8, 4) is 0 Å². The summed E-state index contributed by atoms with van der Waals surface area (Å²) in [5.74, 6) is -2.15. The maximum absolute atomic E-state index is 12.3. The SMILES string of the molecule is COC(=O)Cc1cccc(S(=O)(=O)N[C@H](C(=O)O)C(C)C)c1. The Morgan fingerprint density at radius 2 is 1.95 bits per heavy atom. The summed E-state index contributed by atoms with van der Waals surface area (Å²) in [6.45, 7) is 3.21. The summed E-state index contributed by atoms with van der Waals surface area (Å²) in [6.07, 6.45) is -0.0631. The van der Waals surface area contributed by atoms with Gasteiger partial charge < -0.3 is 9.84 Å². The molecule has 0 spiro atoms. The Hall–Kier alpha value is -1.93. The van der Waals surface area contributed by atoms with Gasteiger partial charge in [-0.1, -0.05) is 26.0 Å². The number of benzene rings is 1. The third-order valence-corrected chi connectivity index (χ3v) is 4.44. The minimum Gasteiger partial charge on any atom is -0.480 e. The Morgan fingerprint density at radius 3 is 2.45 bits per heavy atom. The van der Waals surface area contributed by atoms with Crippen LogP contribution in [0.1, 0.15) is 19.4 Å². The van der Waals surface area contributed by atoms with Crippen LogP contribution in [0.5, 0.6) is 0 Å². The van der Waals surface area contributed by atoms with Gasteiger partial charge in [-0.2, -0.15) is 4.72 Å². The van der Waals surface area contributed by atoms with Crippen LogP contribution in [-0.2, 0) is 30.8 Å². The van der Waals surface area contributed by atoms with E-state index in [0.717, 1.165) is 0 Å². The molecule has 122 valence electrons. The number of carbonyl (C=O) groups excluding carboxylic acids is 1. The van der Waals surface area contributed by atoms with Gasteiger partial charge in [-0.3, -0.25) is 9.59 Å². The van der Waals surface area contributed by atoms with E-state index in [1.807, 2.05) is 0 Å². The number of carboxylic acid groups (broad SMARTS) is 1. The molecule has 22 heavy (non-hydrogen) atoms. The van der Waals surface area contributed by atoms with Crippen LogP contribution >= 0.6 is 0 Å². The van der Waals surface area contributed by atoms with Crippen molar-refractivity contribution in [1.82, 2.24) is 4.72 Å². The number of esters is 1. The second-order valence-corrected chi connectivity index (χ2v) is 6.80. The van der Waals surface area contributed by atoms with Gasteiger partial charge in [-0.15, -0.1) is 0 Å². The number of carbonyl (C=O) groups is 2. The van der Waals surface area contributed by atoms with Crippen LogP contribution in [0.15, 0.2) is 29.2 Å². The van der Waals surface area contributed by atoms with E-state index in [9.17, 15) is 18.0 Å². The average Bonchev–Trinajstić information content (AvgIpc) is 2.44. The Morgan fingerprint density at radius 1 is 1.32 bits per heavy atom. The van der Waals surface area contributed by atoms with Crippen LogP contribution in [-0.4, -0.2) is 38.6 Å². The summed E-state index contributed by atoms with van der Waals surface area (Å²) in [7, 11) is -2.76. The van der Waals surface area contributed by atoms with Gasteiger partial charge >= 0.3 is 11.9 Å². The molecule has 0 aliphatic heterocycles. The second-order valence-electron chi connectivity index (χ2n) is 5.08. The lowest BCUT2D eigenvalue weighted by atomic mass is 10.1. The summed E-state index contributed by atoms with van der Waals surface area (Å²) in [4.78, 5) is 22.3. The highest BCUT2D eigenvalue weighted by molar-refractivity contribution is 7.89. The lowest BCUT2D eigenvalue weighted by molar-refractivity contribution is -0.140. The number of rotatable bonds is 7. The molecule has 0 unspecified atom stereocenters. The van der Waals surface area contributed by atoms with Crippen molar-refractivity contribution < 1.29 is 27.9 Å². The quantitative estimate of drug-likeness (QED) is 0.716. The van der Waals surface area contributed by atoms with Crippen molar-refractivity contribution in [3.63, 3.8) is 0 Å². The molecule has 1 aromatic carbocycles. The minimum absolute atomic E-state index is 0.0631. The van der Waals surface area contributed by atoms with Crippen molar-refractivity contribution >= 4 is 22.0 Å². The molecule has 1 rings (SSSR count). The first-order chi connectivity index (χ1) is 10.2. The molecule has 0 saturated carbocycles. The summed E-state index contributed by atoms with van der Waals surface area (Å²) in [6, 6.07) is 4.50. The number of ether oxygens (including phenoxy) is 1. The monoisotopic (exact) mass is 329 g/mol. The lowest BCUT2D eigenvalue weighted by Gasteiger charge is -2.18. The molecule has 1 aromatic rings. The number of nitrogens with one attached hydrogen (secondary N) is 1. The maximum Gasteiger partial charge on any atom is 0.322 e. The molecule has 0 heterocycles. The zero-order valence-corrected chi connectivity index (χ0v) is 13.4. The van der Waals surface area contributed by atoms with Crippen molar-refractivity contribution in [1.29, 1.82) is 0 Å². The molecule has 0 amide bonds. The van der Waals surface area contributed by atoms with Crippen LogP contribution < -0.4 is 4.72 Å². The summed E-state index contributed by atoms with van der Waals surface area (Å²) < 4.78 is 31.2. The van der Waals surface area contributed by atoms with E-state index < -0.39 is 33.9 Å². The van der Waals surface area contributed by atoms with Gasteiger partial charge in [0.05, 0.1) is 18.4 Å². The van der Waals surface area contributed by atoms with Crippen LogP contribution in [0, 0.1) is 5.92 Å². The first kappa shape index (κ1) is 18.1. The Bertz CT molecular complexity index is 653. The van der Waals surface area contributed by atoms with Crippen molar-refractivity contribution in [3.05, 3.63) is 29.8 Å². The van der Waals surface area contributed by atoms with Gasteiger partial charge in [0.2, 0.25) is 10.0 Å². The van der Waals surface area contributed by atoms with E-state index in [0.29, 0.717) is 5.56 Å². The molecule has 0 aromatic heterocycles. The number of methoxy groups -OCH3 is 1. The normalized spacial score (nSPS) is 12.9. The molecular weight excluding hydrogens is 310 g/mol. The largest absolute Gasteiger partial charge is 0.480 e. The van der Waals surface area contributed by atoms with E-state index in [1.54, 1.807) is 19.9 Å². The van der Waals surface area contributed by atoms with Gasteiger partial charge in [0.1, 0.15) is 6.04 Å². The van der Waals surface area contributed by atoms with E-state index >= 15 is 0 Å². The van der Waals surface area contributed by atoms with Crippen molar-refractivity contribution in [2.24, 2.45) is 5.92 Å². The fourth-order valence-corrected chi connectivity index (χ4v) is 3.18. The molecule has 0 bridgehead atoms. The Kier molecular flexibility index (Phi) is 6.07. The molecule has 0 aliphatic carbocycles. The number of hydrogen-bond acceptors (Lipinski definition) is 5. The third-order valence-electron chi connectivity index (χ3n) is 3.00. The molecular formula is C14H19NO6S. The van der Waals surface area contributed by atoms with Gasteiger partial charge in [0.15, 0.2) is 0 Å². The van der Waals surface area contributed by atoms with Crippen LogP contribution in [0.4, 0.5) is 0 Å². The number of aliphatic carboxylic acids is 1. The minimum atomic E-state index is -4.00. The molecule has 7 nitrogen and oxygen atoms in total. The Labute approximate surface area is 129 Å². The number of hydrogen-bond donors (Lipinski definition) is 2. The highest BCUT2D eigenvalue weighted by Gasteiger charge is 2.28. The second kappa shape index (κ2) is 7.37. The van der Waals surface area contributed by atoms with E-state index in [-0.39, 0.29) is 11.3 Å².